The van der Waals surface area contributed by atoms with Crippen molar-refractivity contribution in [2.45, 2.75) is 13.1 Å². The molecule has 0 spiro atoms. The fourth-order valence-corrected chi connectivity index (χ4v) is 3.31. The van der Waals surface area contributed by atoms with E-state index in [-0.39, 0.29) is 0 Å². The van der Waals surface area contributed by atoms with Crippen molar-refractivity contribution < 1.29 is 0 Å². The molecule has 0 radical (unpaired) electrons. The molecule has 0 aliphatic heterocycles. The molecule has 0 saturated carbocycles. The predicted molar refractivity (Wildman–Crippen MR) is 109 cm³/mol. The first kappa shape index (κ1) is 16.4. The highest BCUT2D eigenvalue weighted by atomic mass is 15.4. The number of fused-ring (bicyclic) bond motifs is 2. The SMILES string of the molecule is C1=C\c2nnn(Cc3ccccc3)c2/C=C\c2c/1nnn2Cc1ccccc1. The molecule has 136 valence electrons. The molecule has 6 nitrogen and oxygen atoms in total. The molecule has 6 heteroatoms. The van der Waals surface area contributed by atoms with Gasteiger partial charge in [-0.3, -0.25) is 0 Å². The van der Waals surface area contributed by atoms with Crippen LogP contribution in [0.2, 0.25) is 0 Å². The molecule has 2 aromatic carbocycles. The number of benzene rings is 2. The number of nitrogens with zero attached hydrogens (tertiary/aromatic N) is 6. The first-order chi connectivity index (χ1) is 13.9. The summed E-state index contributed by atoms with van der Waals surface area (Å²) >= 11 is 0. The summed E-state index contributed by atoms with van der Waals surface area (Å²) in [6.45, 7) is 1.35. The normalized spacial score (nSPS) is 14.6. The van der Waals surface area contributed by atoms with Crippen molar-refractivity contribution in [2.24, 2.45) is 0 Å². The molecular formula is C22H18N6. The summed E-state index contributed by atoms with van der Waals surface area (Å²) in [5, 5.41) is 17.3. The predicted octanol–water partition coefficient (Wildman–Crippen LogP) is 3.62. The molecular weight excluding hydrogens is 348 g/mol. The van der Waals surface area contributed by atoms with Gasteiger partial charge in [0.1, 0.15) is 11.4 Å². The molecule has 0 amide bonds. The maximum Gasteiger partial charge on any atom is 0.113 e. The topological polar surface area (TPSA) is 61.4 Å². The summed E-state index contributed by atoms with van der Waals surface area (Å²) in [6, 6.07) is 20.5. The lowest BCUT2D eigenvalue weighted by Gasteiger charge is -2.07. The fraction of sp³-hybridized carbons (Fsp3) is 0.0909. The molecule has 0 atom stereocenters. The third-order valence-corrected chi connectivity index (χ3v) is 4.75. The van der Waals surface area contributed by atoms with Crippen LogP contribution in [0, 0.1) is 0 Å². The smallest absolute Gasteiger partial charge is 0.113 e. The van der Waals surface area contributed by atoms with E-state index in [1.54, 1.807) is 0 Å². The van der Waals surface area contributed by atoms with E-state index in [4.69, 9.17) is 0 Å². The zero-order valence-electron chi connectivity index (χ0n) is 15.2. The summed E-state index contributed by atoms with van der Waals surface area (Å²) < 4.78 is 3.84. The van der Waals surface area contributed by atoms with Crippen LogP contribution in [0.3, 0.4) is 0 Å². The Hall–Kier alpha value is -3.80. The minimum atomic E-state index is 0.676. The number of aromatic nitrogens is 6. The summed E-state index contributed by atoms with van der Waals surface area (Å²) in [5.41, 5.74) is 5.97. The fourth-order valence-electron chi connectivity index (χ4n) is 3.31. The third-order valence-electron chi connectivity index (χ3n) is 4.75. The summed E-state index contributed by atoms with van der Waals surface area (Å²) in [6.07, 6.45) is 8.00. The lowest BCUT2D eigenvalue weighted by molar-refractivity contribution is 0.643. The molecule has 0 saturated heterocycles. The highest BCUT2D eigenvalue weighted by Crippen LogP contribution is 2.21. The molecule has 2 aromatic heterocycles. The van der Waals surface area contributed by atoms with E-state index >= 15 is 0 Å². The minimum Gasteiger partial charge on any atom is -0.240 e. The van der Waals surface area contributed by atoms with Gasteiger partial charge in [-0.15, -0.1) is 10.2 Å². The van der Waals surface area contributed by atoms with Gasteiger partial charge >= 0.3 is 0 Å². The van der Waals surface area contributed by atoms with Crippen molar-refractivity contribution in [1.29, 1.82) is 0 Å². The van der Waals surface area contributed by atoms with Crippen LogP contribution in [0.15, 0.2) is 60.7 Å². The van der Waals surface area contributed by atoms with Crippen molar-refractivity contribution in [3.05, 3.63) is 94.6 Å². The van der Waals surface area contributed by atoms with Crippen molar-refractivity contribution >= 4 is 24.3 Å². The molecule has 1 aliphatic rings. The first-order valence-electron chi connectivity index (χ1n) is 9.18. The lowest BCUT2D eigenvalue weighted by Crippen LogP contribution is -2.06. The summed E-state index contributed by atoms with van der Waals surface area (Å²) in [7, 11) is 0. The van der Waals surface area contributed by atoms with Crippen LogP contribution in [0.4, 0.5) is 0 Å². The Morgan fingerprint density at radius 1 is 0.536 bits per heavy atom. The van der Waals surface area contributed by atoms with Crippen molar-refractivity contribution in [2.75, 3.05) is 0 Å². The van der Waals surface area contributed by atoms with Crippen LogP contribution in [-0.2, 0) is 13.1 Å². The summed E-state index contributed by atoms with van der Waals surface area (Å²) in [4.78, 5) is 0. The van der Waals surface area contributed by atoms with Gasteiger partial charge in [-0.05, 0) is 35.4 Å². The molecule has 2 heterocycles. The Morgan fingerprint density at radius 2 is 0.964 bits per heavy atom. The van der Waals surface area contributed by atoms with E-state index in [0.29, 0.717) is 13.1 Å². The van der Waals surface area contributed by atoms with E-state index in [0.717, 1.165) is 22.8 Å². The summed E-state index contributed by atoms with van der Waals surface area (Å²) in [5.74, 6) is 0. The van der Waals surface area contributed by atoms with E-state index < -0.39 is 0 Å². The monoisotopic (exact) mass is 366 g/mol. The van der Waals surface area contributed by atoms with Gasteiger partial charge in [0.05, 0.1) is 24.5 Å². The van der Waals surface area contributed by atoms with Gasteiger partial charge in [0.15, 0.2) is 0 Å². The number of hydrogen-bond donors (Lipinski definition) is 0. The van der Waals surface area contributed by atoms with Crippen LogP contribution >= 0.6 is 0 Å². The second-order valence-electron chi connectivity index (χ2n) is 6.67. The maximum absolute atomic E-state index is 4.34. The Kier molecular flexibility index (Phi) is 4.14. The van der Waals surface area contributed by atoms with Gasteiger partial charge in [-0.1, -0.05) is 71.1 Å². The molecule has 0 bridgehead atoms. The van der Waals surface area contributed by atoms with E-state index in [1.807, 2.05) is 70.1 Å². The van der Waals surface area contributed by atoms with Gasteiger partial charge in [0, 0.05) is 0 Å². The first-order valence-corrected chi connectivity index (χ1v) is 9.18. The Morgan fingerprint density at radius 3 is 1.39 bits per heavy atom. The zero-order valence-corrected chi connectivity index (χ0v) is 15.2. The van der Waals surface area contributed by atoms with Crippen LogP contribution in [-0.4, -0.2) is 30.0 Å². The lowest BCUT2D eigenvalue weighted by atomic mass is 10.1. The largest absolute Gasteiger partial charge is 0.240 e. The van der Waals surface area contributed by atoms with Gasteiger partial charge < -0.3 is 0 Å². The van der Waals surface area contributed by atoms with Gasteiger partial charge in [0.25, 0.3) is 0 Å². The second kappa shape index (κ2) is 7.08. The molecule has 0 N–H and O–H groups in total. The van der Waals surface area contributed by atoms with Crippen molar-refractivity contribution in [3.63, 3.8) is 0 Å². The van der Waals surface area contributed by atoms with Crippen LogP contribution in [0.1, 0.15) is 33.9 Å². The number of hydrogen-bond acceptors (Lipinski definition) is 4. The van der Waals surface area contributed by atoms with Gasteiger partial charge in [-0.2, -0.15) is 0 Å². The van der Waals surface area contributed by atoms with E-state index in [9.17, 15) is 0 Å². The molecule has 0 unspecified atom stereocenters. The van der Waals surface area contributed by atoms with Crippen LogP contribution in [0.25, 0.3) is 24.3 Å². The molecule has 4 aromatic rings. The van der Waals surface area contributed by atoms with E-state index in [1.165, 1.54) is 11.1 Å². The quantitative estimate of drug-likeness (QED) is 0.487. The minimum absolute atomic E-state index is 0.676. The molecule has 0 fully saturated rings. The maximum atomic E-state index is 4.34. The Labute approximate surface area is 162 Å². The Balaban J connectivity index is 1.48. The van der Waals surface area contributed by atoms with Crippen molar-refractivity contribution in [1.82, 2.24) is 30.0 Å². The second-order valence-corrected chi connectivity index (χ2v) is 6.67. The van der Waals surface area contributed by atoms with Crippen LogP contribution < -0.4 is 0 Å². The highest BCUT2D eigenvalue weighted by Gasteiger charge is 2.15. The van der Waals surface area contributed by atoms with Gasteiger partial charge in [0.2, 0.25) is 0 Å². The zero-order chi connectivity index (χ0) is 18.8. The highest BCUT2D eigenvalue weighted by molar-refractivity contribution is 5.81. The van der Waals surface area contributed by atoms with Gasteiger partial charge in [-0.25, -0.2) is 9.36 Å². The number of rotatable bonds is 4. The van der Waals surface area contributed by atoms with E-state index in [2.05, 4.69) is 44.9 Å². The Bertz CT molecular complexity index is 1060. The standard InChI is InChI=1S/C22H18N6/c1-3-7-17(8-4-1)15-27-21-13-14-22-20(12-11-19(21)23-25-27)24-26-28(22)16-18-9-5-2-6-10-18/h1-14H,15-16H2/b12-11-,14-13-,19-11?,20-12?,21-13?,22-14?. The molecule has 5 rings (SSSR count). The molecule has 28 heavy (non-hydrogen) atoms. The molecule has 1 aliphatic carbocycles. The third kappa shape index (κ3) is 3.16. The average Bonchev–Trinajstić information content (AvgIpc) is 3.27. The van der Waals surface area contributed by atoms with Crippen LogP contribution in [0.5, 0.6) is 0 Å². The average molecular weight is 366 g/mol. The van der Waals surface area contributed by atoms with Crippen molar-refractivity contribution in [3.8, 4) is 0 Å².